The van der Waals surface area contributed by atoms with Crippen molar-refractivity contribution >= 4 is 22.0 Å². The van der Waals surface area contributed by atoms with Gasteiger partial charge in [-0.15, -0.1) is 0 Å². The van der Waals surface area contributed by atoms with Gasteiger partial charge in [0.1, 0.15) is 5.60 Å². The highest BCUT2D eigenvalue weighted by Crippen LogP contribution is 2.30. The Labute approximate surface area is 133 Å². The second kappa shape index (κ2) is 5.96. The smallest absolute Gasteiger partial charge is 0.410 e. The molecule has 0 unspecified atom stereocenters. The number of likely N-dealkylation sites (tertiary alicyclic amines) is 1. The monoisotopic (exact) mass is 359 g/mol. The molecule has 0 aliphatic carbocycles. The summed E-state index contributed by atoms with van der Waals surface area (Å²) in [5.41, 5.74) is -0.931. The Hall–Kier alpha value is -1.08. The molecule has 0 saturated carbocycles. The number of carbonyl (C=O) groups excluding carboxylic acids is 1. The Morgan fingerprint density at radius 1 is 1.48 bits per heavy atom. The third kappa shape index (κ3) is 3.77. The number of ether oxygens (including phenoxy) is 1. The van der Waals surface area contributed by atoms with E-state index in [9.17, 15) is 9.90 Å². The Balaban J connectivity index is 2.03. The Morgan fingerprint density at radius 3 is 2.52 bits per heavy atom. The highest BCUT2D eigenvalue weighted by atomic mass is 79.9. The lowest BCUT2D eigenvalue weighted by Gasteiger charge is -2.41. The second-order valence-electron chi connectivity index (χ2n) is 6.45. The summed E-state index contributed by atoms with van der Waals surface area (Å²) in [6.07, 6.45) is 4.57. The quantitative estimate of drug-likeness (QED) is 0.879. The Bertz CT molecular complexity index is 502. The number of hydrogen-bond donors (Lipinski definition) is 1. The van der Waals surface area contributed by atoms with Crippen molar-refractivity contribution in [2.75, 3.05) is 19.7 Å². The van der Waals surface area contributed by atoms with Crippen molar-refractivity contribution in [2.24, 2.45) is 0 Å². The molecule has 0 aromatic carbocycles. The van der Waals surface area contributed by atoms with Gasteiger partial charge in [-0.3, -0.25) is 4.68 Å². The highest BCUT2D eigenvalue weighted by molar-refractivity contribution is 9.10. The van der Waals surface area contributed by atoms with Crippen molar-refractivity contribution in [2.45, 2.75) is 44.8 Å². The SMILES string of the molecule is CC(C)(C)OC(=O)N1CCC(CO)(n2cc(Br)cn2)CC1. The van der Waals surface area contributed by atoms with Crippen LogP contribution in [0.25, 0.3) is 0 Å². The van der Waals surface area contributed by atoms with E-state index in [0.29, 0.717) is 25.9 Å². The molecular formula is C14H22BrN3O3. The molecule has 21 heavy (non-hydrogen) atoms. The first-order valence-corrected chi connectivity index (χ1v) is 7.84. The third-order valence-corrected chi connectivity index (χ3v) is 4.09. The summed E-state index contributed by atoms with van der Waals surface area (Å²) in [6.45, 7) is 6.67. The van der Waals surface area contributed by atoms with Gasteiger partial charge in [0, 0.05) is 19.3 Å². The summed E-state index contributed by atoms with van der Waals surface area (Å²) in [6, 6.07) is 0. The molecule has 0 radical (unpaired) electrons. The van der Waals surface area contributed by atoms with Gasteiger partial charge in [-0.25, -0.2) is 4.79 Å². The minimum atomic E-state index is -0.491. The van der Waals surface area contributed by atoms with Crippen LogP contribution >= 0.6 is 15.9 Å². The number of halogens is 1. The van der Waals surface area contributed by atoms with Gasteiger partial charge >= 0.3 is 6.09 Å². The van der Waals surface area contributed by atoms with Gasteiger partial charge in [0.2, 0.25) is 0 Å². The highest BCUT2D eigenvalue weighted by Gasteiger charge is 2.38. The molecule has 6 nitrogen and oxygen atoms in total. The lowest BCUT2D eigenvalue weighted by Crippen LogP contribution is -2.51. The molecule has 0 atom stereocenters. The van der Waals surface area contributed by atoms with E-state index in [1.807, 2.05) is 27.0 Å². The van der Waals surface area contributed by atoms with E-state index < -0.39 is 11.1 Å². The predicted molar refractivity (Wildman–Crippen MR) is 82.0 cm³/mol. The average molecular weight is 360 g/mol. The average Bonchev–Trinajstić information content (AvgIpc) is 2.84. The number of hydrogen-bond acceptors (Lipinski definition) is 4. The molecule has 1 fully saturated rings. The first kappa shape index (κ1) is 16.3. The topological polar surface area (TPSA) is 67.6 Å². The van der Waals surface area contributed by atoms with Crippen molar-refractivity contribution in [1.29, 1.82) is 0 Å². The molecule has 1 aliphatic rings. The molecule has 2 heterocycles. The fraction of sp³-hybridized carbons (Fsp3) is 0.714. The zero-order chi connectivity index (χ0) is 15.7. The normalized spacial score (nSPS) is 18.6. The molecule has 7 heteroatoms. The fourth-order valence-corrected chi connectivity index (χ4v) is 2.74. The number of aliphatic hydroxyl groups is 1. The molecule has 1 aromatic rings. The van der Waals surface area contributed by atoms with Gasteiger partial charge < -0.3 is 14.7 Å². The number of aliphatic hydroxyl groups excluding tert-OH is 1. The van der Waals surface area contributed by atoms with Crippen LogP contribution < -0.4 is 0 Å². The lowest BCUT2D eigenvalue weighted by atomic mass is 9.88. The molecule has 0 spiro atoms. The zero-order valence-corrected chi connectivity index (χ0v) is 14.3. The molecule has 1 saturated heterocycles. The summed E-state index contributed by atoms with van der Waals surface area (Å²) in [5.74, 6) is 0. The van der Waals surface area contributed by atoms with E-state index in [4.69, 9.17) is 4.74 Å². The molecule has 1 aliphatic heterocycles. The predicted octanol–water partition coefficient (Wildman–Crippen LogP) is 2.36. The van der Waals surface area contributed by atoms with Crippen LogP contribution in [0.4, 0.5) is 4.79 Å². The van der Waals surface area contributed by atoms with Crippen LogP contribution in [0.5, 0.6) is 0 Å². The van der Waals surface area contributed by atoms with Crippen molar-refractivity contribution in [3.05, 3.63) is 16.9 Å². The number of piperidine rings is 1. The maximum atomic E-state index is 12.1. The van der Waals surface area contributed by atoms with Gasteiger partial charge in [0.25, 0.3) is 0 Å². The third-order valence-electron chi connectivity index (χ3n) is 3.68. The van der Waals surface area contributed by atoms with Crippen LogP contribution in [0, 0.1) is 0 Å². The number of rotatable bonds is 2. The first-order valence-electron chi connectivity index (χ1n) is 7.05. The Kier molecular flexibility index (Phi) is 4.63. The molecule has 1 aromatic heterocycles. The molecule has 118 valence electrons. The van der Waals surface area contributed by atoms with Gasteiger partial charge in [0.05, 0.1) is 22.8 Å². The molecular weight excluding hydrogens is 338 g/mol. The number of amides is 1. The number of nitrogens with zero attached hydrogens (tertiary/aromatic N) is 3. The van der Waals surface area contributed by atoms with Gasteiger partial charge in [0.15, 0.2) is 0 Å². The van der Waals surface area contributed by atoms with Crippen LogP contribution in [0.3, 0.4) is 0 Å². The number of carbonyl (C=O) groups is 1. The summed E-state index contributed by atoms with van der Waals surface area (Å²) < 4.78 is 8.06. The zero-order valence-electron chi connectivity index (χ0n) is 12.7. The maximum absolute atomic E-state index is 12.1. The van der Waals surface area contributed by atoms with Gasteiger partial charge in [-0.2, -0.15) is 5.10 Å². The standard InChI is InChI=1S/C14H22BrN3O3/c1-13(2,3)21-12(20)17-6-4-14(10-19,5-7-17)18-9-11(15)8-16-18/h8-9,19H,4-7,10H2,1-3H3. The molecule has 1 N–H and O–H groups in total. The van der Waals surface area contributed by atoms with Crippen LogP contribution in [0.2, 0.25) is 0 Å². The van der Waals surface area contributed by atoms with Crippen molar-refractivity contribution in [1.82, 2.24) is 14.7 Å². The molecule has 2 rings (SSSR count). The van der Waals surface area contributed by atoms with E-state index >= 15 is 0 Å². The largest absolute Gasteiger partial charge is 0.444 e. The van der Waals surface area contributed by atoms with E-state index in [1.165, 1.54) is 0 Å². The van der Waals surface area contributed by atoms with Crippen molar-refractivity contribution in [3.63, 3.8) is 0 Å². The minimum absolute atomic E-state index is 0.00325. The van der Waals surface area contributed by atoms with Gasteiger partial charge in [-0.1, -0.05) is 0 Å². The maximum Gasteiger partial charge on any atom is 0.410 e. The second-order valence-corrected chi connectivity index (χ2v) is 7.37. The van der Waals surface area contributed by atoms with Crippen molar-refractivity contribution in [3.8, 4) is 0 Å². The fourth-order valence-electron chi connectivity index (χ4n) is 2.45. The minimum Gasteiger partial charge on any atom is -0.444 e. The van der Waals surface area contributed by atoms with E-state index in [1.54, 1.807) is 15.8 Å². The van der Waals surface area contributed by atoms with Crippen molar-refractivity contribution < 1.29 is 14.6 Å². The summed E-state index contributed by atoms with van der Waals surface area (Å²) in [5, 5.41) is 14.1. The molecule has 1 amide bonds. The van der Waals surface area contributed by atoms with E-state index in [0.717, 1.165) is 4.47 Å². The van der Waals surface area contributed by atoms with Crippen LogP contribution in [-0.2, 0) is 10.3 Å². The van der Waals surface area contributed by atoms with E-state index in [2.05, 4.69) is 21.0 Å². The summed E-state index contributed by atoms with van der Waals surface area (Å²) in [4.78, 5) is 13.8. The molecule has 0 bridgehead atoms. The van der Waals surface area contributed by atoms with Crippen LogP contribution in [-0.4, -0.2) is 51.2 Å². The van der Waals surface area contributed by atoms with Gasteiger partial charge in [-0.05, 0) is 49.5 Å². The summed E-state index contributed by atoms with van der Waals surface area (Å²) >= 11 is 3.37. The van der Waals surface area contributed by atoms with Crippen LogP contribution in [0.1, 0.15) is 33.6 Å². The summed E-state index contributed by atoms with van der Waals surface area (Å²) in [7, 11) is 0. The lowest BCUT2D eigenvalue weighted by molar-refractivity contribution is 0.000138. The first-order chi connectivity index (χ1) is 9.76. The number of aromatic nitrogens is 2. The Morgan fingerprint density at radius 2 is 2.10 bits per heavy atom. The van der Waals surface area contributed by atoms with E-state index in [-0.39, 0.29) is 12.7 Å². The van der Waals surface area contributed by atoms with Crippen LogP contribution in [0.15, 0.2) is 16.9 Å².